The van der Waals surface area contributed by atoms with Crippen LogP contribution in [0.1, 0.15) is 42.9 Å². The molecule has 0 bridgehead atoms. The Balaban J connectivity index is 2.03. The molecule has 0 radical (unpaired) electrons. The van der Waals surface area contributed by atoms with Gasteiger partial charge in [-0.2, -0.15) is 5.10 Å². The van der Waals surface area contributed by atoms with Crippen molar-refractivity contribution in [2.24, 2.45) is 12.8 Å². The molecule has 0 unspecified atom stereocenters. The van der Waals surface area contributed by atoms with Gasteiger partial charge in [-0.3, -0.25) is 9.48 Å². The van der Waals surface area contributed by atoms with E-state index < -0.39 is 0 Å². The molecule has 1 aromatic rings. The minimum atomic E-state index is -0.170. The molecule has 0 saturated carbocycles. The van der Waals surface area contributed by atoms with Gasteiger partial charge in [0.15, 0.2) is 0 Å². The number of likely N-dealkylation sites (tertiary alicyclic amines) is 1. The van der Waals surface area contributed by atoms with Gasteiger partial charge in [0.2, 0.25) is 0 Å². The molecule has 1 amide bonds. The molecule has 18 heavy (non-hydrogen) atoms. The number of hydrogen-bond donors (Lipinski definition) is 1. The summed E-state index contributed by atoms with van der Waals surface area (Å²) < 4.78 is 1.66. The summed E-state index contributed by atoms with van der Waals surface area (Å²) in [6.07, 6.45) is 2.88. The monoisotopic (exact) mass is 250 g/mol. The van der Waals surface area contributed by atoms with Crippen LogP contribution in [-0.4, -0.2) is 39.2 Å². The first-order chi connectivity index (χ1) is 8.49. The van der Waals surface area contributed by atoms with Crippen molar-refractivity contribution in [2.45, 2.75) is 38.6 Å². The normalized spacial score (nSPS) is 17.7. The molecule has 0 spiro atoms. The van der Waals surface area contributed by atoms with Gasteiger partial charge in [-0.15, -0.1) is 0 Å². The van der Waals surface area contributed by atoms with Crippen LogP contribution in [0.25, 0.3) is 0 Å². The van der Waals surface area contributed by atoms with E-state index in [1.807, 2.05) is 24.9 Å². The highest BCUT2D eigenvalue weighted by Gasteiger charge is 2.41. The molecule has 0 aliphatic carbocycles. The molecule has 0 atom stereocenters. The van der Waals surface area contributed by atoms with Crippen LogP contribution in [0.2, 0.25) is 0 Å². The number of carbonyl (C=O) groups is 1. The number of carbonyl (C=O) groups excluding carboxylic acids is 1. The SMILES string of the molecule is CCCC1(N)CN(C(=O)c2cc(CC)nn2C)C1. The summed E-state index contributed by atoms with van der Waals surface area (Å²) in [6.45, 7) is 5.47. The Kier molecular flexibility index (Phi) is 3.43. The molecule has 5 heteroatoms. The molecule has 1 aliphatic rings. The number of nitrogens with two attached hydrogens (primary N) is 1. The van der Waals surface area contributed by atoms with Crippen LogP contribution < -0.4 is 5.73 Å². The molecule has 2 rings (SSSR count). The third-order valence-corrected chi connectivity index (χ3v) is 3.56. The lowest BCUT2D eigenvalue weighted by molar-refractivity contribution is 0.0376. The first-order valence-corrected chi connectivity index (χ1v) is 6.60. The van der Waals surface area contributed by atoms with E-state index in [2.05, 4.69) is 12.0 Å². The number of nitrogens with zero attached hydrogens (tertiary/aromatic N) is 3. The van der Waals surface area contributed by atoms with Crippen LogP contribution in [0.3, 0.4) is 0 Å². The maximum Gasteiger partial charge on any atom is 0.272 e. The summed E-state index contributed by atoms with van der Waals surface area (Å²) in [5.41, 5.74) is 7.61. The Labute approximate surface area is 108 Å². The summed E-state index contributed by atoms with van der Waals surface area (Å²) >= 11 is 0. The largest absolute Gasteiger partial charge is 0.333 e. The standard InChI is InChI=1S/C13H22N4O/c1-4-6-13(14)8-17(9-13)12(18)11-7-10(5-2)15-16(11)3/h7H,4-6,8-9,14H2,1-3H3. The van der Waals surface area contributed by atoms with E-state index in [0.29, 0.717) is 18.8 Å². The molecule has 1 saturated heterocycles. The molecular formula is C13H22N4O. The number of amides is 1. The van der Waals surface area contributed by atoms with Crippen molar-refractivity contribution in [1.29, 1.82) is 0 Å². The Bertz CT molecular complexity index is 446. The number of aromatic nitrogens is 2. The molecule has 5 nitrogen and oxygen atoms in total. The molecule has 1 aliphatic heterocycles. The van der Waals surface area contributed by atoms with Gasteiger partial charge in [0.25, 0.3) is 5.91 Å². The van der Waals surface area contributed by atoms with Crippen LogP contribution in [0.4, 0.5) is 0 Å². The van der Waals surface area contributed by atoms with E-state index in [1.54, 1.807) is 4.68 Å². The van der Waals surface area contributed by atoms with Gasteiger partial charge >= 0.3 is 0 Å². The van der Waals surface area contributed by atoms with E-state index in [4.69, 9.17) is 5.73 Å². The van der Waals surface area contributed by atoms with Crippen LogP contribution in [0.15, 0.2) is 6.07 Å². The molecule has 2 N–H and O–H groups in total. The van der Waals surface area contributed by atoms with Gasteiger partial charge in [0, 0.05) is 20.1 Å². The Morgan fingerprint density at radius 2 is 2.17 bits per heavy atom. The van der Waals surface area contributed by atoms with Crippen LogP contribution in [0.5, 0.6) is 0 Å². The second-order valence-corrected chi connectivity index (χ2v) is 5.27. The lowest BCUT2D eigenvalue weighted by Gasteiger charge is -2.47. The Morgan fingerprint density at radius 1 is 1.50 bits per heavy atom. The second kappa shape index (κ2) is 4.72. The predicted molar refractivity (Wildman–Crippen MR) is 70.3 cm³/mol. The summed E-state index contributed by atoms with van der Waals surface area (Å²) in [5.74, 6) is 0.0434. The molecule has 2 heterocycles. The van der Waals surface area contributed by atoms with Gasteiger partial charge in [0.1, 0.15) is 5.69 Å². The highest BCUT2D eigenvalue weighted by Crippen LogP contribution is 2.25. The van der Waals surface area contributed by atoms with Gasteiger partial charge in [-0.25, -0.2) is 0 Å². The van der Waals surface area contributed by atoms with Crippen molar-refractivity contribution in [3.63, 3.8) is 0 Å². The van der Waals surface area contributed by atoms with Crippen molar-refractivity contribution in [1.82, 2.24) is 14.7 Å². The van der Waals surface area contributed by atoms with Crippen molar-refractivity contribution < 1.29 is 4.79 Å². The van der Waals surface area contributed by atoms with Crippen molar-refractivity contribution >= 4 is 5.91 Å². The Hall–Kier alpha value is -1.36. The van der Waals surface area contributed by atoms with Crippen molar-refractivity contribution in [3.05, 3.63) is 17.5 Å². The topological polar surface area (TPSA) is 64.2 Å². The fourth-order valence-corrected chi connectivity index (χ4v) is 2.58. The molecule has 1 fully saturated rings. The maximum absolute atomic E-state index is 12.3. The zero-order chi connectivity index (χ0) is 13.3. The van der Waals surface area contributed by atoms with Crippen LogP contribution >= 0.6 is 0 Å². The van der Waals surface area contributed by atoms with Crippen molar-refractivity contribution in [2.75, 3.05) is 13.1 Å². The van der Waals surface area contributed by atoms with Gasteiger partial charge in [-0.1, -0.05) is 20.3 Å². The number of hydrogen-bond acceptors (Lipinski definition) is 3. The zero-order valence-corrected chi connectivity index (χ0v) is 11.4. The average molecular weight is 250 g/mol. The third kappa shape index (κ3) is 2.27. The third-order valence-electron chi connectivity index (χ3n) is 3.56. The quantitative estimate of drug-likeness (QED) is 0.865. The fourth-order valence-electron chi connectivity index (χ4n) is 2.58. The molecule has 0 aromatic carbocycles. The van der Waals surface area contributed by atoms with E-state index in [9.17, 15) is 4.79 Å². The summed E-state index contributed by atoms with van der Waals surface area (Å²) in [6, 6.07) is 1.87. The summed E-state index contributed by atoms with van der Waals surface area (Å²) in [4.78, 5) is 14.1. The van der Waals surface area contributed by atoms with Gasteiger partial charge in [-0.05, 0) is 18.9 Å². The smallest absolute Gasteiger partial charge is 0.272 e. The summed E-state index contributed by atoms with van der Waals surface area (Å²) in [7, 11) is 1.81. The van der Waals surface area contributed by atoms with E-state index in [-0.39, 0.29) is 11.4 Å². The number of aryl methyl sites for hydroxylation is 2. The maximum atomic E-state index is 12.3. The molecular weight excluding hydrogens is 228 g/mol. The fraction of sp³-hybridized carbons (Fsp3) is 0.692. The highest BCUT2D eigenvalue weighted by molar-refractivity contribution is 5.93. The van der Waals surface area contributed by atoms with E-state index in [1.165, 1.54) is 0 Å². The first kappa shape index (κ1) is 13.1. The van der Waals surface area contributed by atoms with E-state index >= 15 is 0 Å². The molecule has 1 aromatic heterocycles. The molecule has 100 valence electrons. The zero-order valence-electron chi connectivity index (χ0n) is 11.4. The first-order valence-electron chi connectivity index (χ1n) is 6.60. The lowest BCUT2D eigenvalue weighted by Crippen LogP contribution is -2.68. The van der Waals surface area contributed by atoms with Crippen LogP contribution in [0, 0.1) is 0 Å². The van der Waals surface area contributed by atoms with Gasteiger partial charge < -0.3 is 10.6 Å². The Morgan fingerprint density at radius 3 is 2.67 bits per heavy atom. The number of rotatable bonds is 4. The van der Waals surface area contributed by atoms with Gasteiger partial charge in [0.05, 0.1) is 11.2 Å². The van der Waals surface area contributed by atoms with Crippen molar-refractivity contribution in [3.8, 4) is 0 Å². The summed E-state index contributed by atoms with van der Waals surface area (Å²) in [5, 5.41) is 4.30. The second-order valence-electron chi connectivity index (χ2n) is 5.27. The minimum Gasteiger partial charge on any atom is -0.333 e. The lowest BCUT2D eigenvalue weighted by atomic mass is 9.86. The predicted octanol–water partition coefficient (Wildman–Crippen LogP) is 0.936. The van der Waals surface area contributed by atoms with E-state index in [0.717, 1.165) is 25.0 Å². The average Bonchev–Trinajstić information content (AvgIpc) is 2.67. The van der Waals surface area contributed by atoms with Crippen LogP contribution in [-0.2, 0) is 13.5 Å². The highest BCUT2D eigenvalue weighted by atomic mass is 16.2. The minimum absolute atomic E-state index is 0.0434.